The van der Waals surface area contributed by atoms with Crippen molar-refractivity contribution in [1.29, 1.82) is 0 Å². The van der Waals surface area contributed by atoms with Gasteiger partial charge in [-0.25, -0.2) is 9.97 Å². The van der Waals surface area contributed by atoms with Gasteiger partial charge in [-0.05, 0) is 12.1 Å². The van der Waals surface area contributed by atoms with E-state index in [2.05, 4.69) is 15.0 Å². The van der Waals surface area contributed by atoms with Crippen LogP contribution < -0.4 is 0 Å². The average Bonchev–Trinajstić information content (AvgIpc) is 2.30. The van der Waals surface area contributed by atoms with Crippen molar-refractivity contribution in [2.45, 2.75) is 5.88 Å². The molecule has 0 atom stereocenters. The van der Waals surface area contributed by atoms with E-state index in [1.54, 1.807) is 18.6 Å². The molecular formula is C10H8ClN3. The second-order valence-corrected chi connectivity index (χ2v) is 3.03. The number of halogens is 1. The van der Waals surface area contributed by atoms with Crippen molar-refractivity contribution < 1.29 is 0 Å². The van der Waals surface area contributed by atoms with Crippen LogP contribution in [0, 0.1) is 0 Å². The minimum Gasteiger partial charge on any atom is -0.253 e. The van der Waals surface area contributed by atoms with Crippen molar-refractivity contribution in [3.63, 3.8) is 0 Å². The Bertz CT molecular complexity index is 399. The SMILES string of the molecule is ClCc1cnc(-c2ccccn2)nc1. The summed E-state index contributed by atoms with van der Waals surface area (Å²) in [6, 6.07) is 5.63. The molecule has 2 rings (SSSR count). The highest BCUT2D eigenvalue weighted by Gasteiger charge is 2.00. The lowest BCUT2D eigenvalue weighted by molar-refractivity contribution is 1.10. The van der Waals surface area contributed by atoms with Gasteiger partial charge in [0.2, 0.25) is 0 Å². The maximum Gasteiger partial charge on any atom is 0.178 e. The van der Waals surface area contributed by atoms with Crippen molar-refractivity contribution in [2.24, 2.45) is 0 Å². The predicted molar refractivity (Wildman–Crippen MR) is 54.8 cm³/mol. The maximum atomic E-state index is 5.63. The molecule has 0 N–H and O–H groups in total. The first-order valence-electron chi connectivity index (χ1n) is 4.18. The summed E-state index contributed by atoms with van der Waals surface area (Å²) >= 11 is 5.63. The summed E-state index contributed by atoms with van der Waals surface area (Å²) < 4.78 is 0. The highest BCUT2D eigenvalue weighted by Crippen LogP contribution is 2.10. The van der Waals surface area contributed by atoms with Crippen molar-refractivity contribution in [1.82, 2.24) is 15.0 Å². The molecule has 0 amide bonds. The van der Waals surface area contributed by atoms with Gasteiger partial charge in [-0.3, -0.25) is 4.98 Å². The molecule has 0 unspecified atom stereocenters. The summed E-state index contributed by atoms with van der Waals surface area (Å²) in [6.45, 7) is 0. The molecule has 2 aromatic rings. The Morgan fingerprint density at radius 2 is 1.86 bits per heavy atom. The summed E-state index contributed by atoms with van der Waals surface area (Å²) in [7, 11) is 0. The first-order valence-corrected chi connectivity index (χ1v) is 4.72. The van der Waals surface area contributed by atoms with Crippen LogP contribution in [0.1, 0.15) is 5.56 Å². The van der Waals surface area contributed by atoms with E-state index >= 15 is 0 Å². The van der Waals surface area contributed by atoms with Crippen LogP contribution in [0.3, 0.4) is 0 Å². The van der Waals surface area contributed by atoms with Crippen molar-refractivity contribution in [2.75, 3.05) is 0 Å². The predicted octanol–water partition coefficient (Wildman–Crippen LogP) is 2.28. The van der Waals surface area contributed by atoms with Gasteiger partial charge in [-0.15, -0.1) is 11.6 Å². The van der Waals surface area contributed by atoms with E-state index in [0.717, 1.165) is 11.3 Å². The lowest BCUT2D eigenvalue weighted by Crippen LogP contribution is -1.92. The molecule has 0 spiro atoms. The zero-order valence-corrected chi connectivity index (χ0v) is 8.15. The Morgan fingerprint density at radius 1 is 1.07 bits per heavy atom. The number of aromatic nitrogens is 3. The minimum atomic E-state index is 0.433. The molecule has 4 heteroatoms. The smallest absolute Gasteiger partial charge is 0.178 e. The second kappa shape index (κ2) is 4.15. The number of hydrogen-bond donors (Lipinski definition) is 0. The fourth-order valence-electron chi connectivity index (χ4n) is 1.05. The van der Waals surface area contributed by atoms with Gasteiger partial charge in [0, 0.05) is 24.2 Å². The minimum absolute atomic E-state index is 0.433. The molecule has 0 bridgehead atoms. The highest BCUT2D eigenvalue weighted by atomic mass is 35.5. The fraction of sp³-hybridized carbons (Fsp3) is 0.100. The lowest BCUT2D eigenvalue weighted by atomic mass is 10.3. The average molecular weight is 206 g/mol. The van der Waals surface area contributed by atoms with Crippen LogP contribution in [0.5, 0.6) is 0 Å². The van der Waals surface area contributed by atoms with Crippen LogP contribution in [0.15, 0.2) is 36.8 Å². The number of nitrogens with zero attached hydrogens (tertiary/aromatic N) is 3. The summed E-state index contributed by atoms with van der Waals surface area (Å²) in [6.07, 6.45) is 5.14. The summed E-state index contributed by atoms with van der Waals surface area (Å²) in [5, 5.41) is 0. The molecule has 70 valence electrons. The Balaban J connectivity index is 2.34. The second-order valence-electron chi connectivity index (χ2n) is 2.76. The van der Waals surface area contributed by atoms with Crippen molar-refractivity contribution >= 4 is 11.6 Å². The van der Waals surface area contributed by atoms with E-state index in [9.17, 15) is 0 Å². The van der Waals surface area contributed by atoms with Crippen molar-refractivity contribution in [3.8, 4) is 11.5 Å². The van der Waals surface area contributed by atoms with E-state index in [0.29, 0.717) is 11.7 Å². The molecule has 14 heavy (non-hydrogen) atoms. The topological polar surface area (TPSA) is 38.7 Å². The first kappa shape index (κ1) is 9.09. The quantitative estimate of drug-likeness (QED) is 0.706. The van der Waals surface area contributed by atoms with Crippen LogP contribution in [0.25, 0.3) is 11.5 Å². The van der Waals surface area contributed by atoms with Crippen molar-refractivity contribution in [3.05, 3.63) is 42.4 Å². The van der Waals surface area contributed by atoms with E-state index in [-0.39, 0.29) is 0 Å². The zero-order valence-electron chi connectivity index (χ0n) is 7.39. The number of rotatable bonds is 2. The lowest BCUT2D eigenvalue weighted by Gasteiger charge is -1.98. The van der Waals surface area contributed by atoms with Crippen LogP contribution in [0.4, 0.5) is 0 Å². The van der Waals surface area contributed by atoms with Gasteiger partial charge in [0.15, 0.2) is 5.82 Å². The normalized spacial score (nSPS) is 10.1. The summed E-state index contributed by atoms with van der Waals surface area (Å²) in [5.74, 6) is 1.06. The third-order valence-electron chi connectivity index (χ3n) is 1.75. The molecule has 0 aliphatic carbocycles. The highest BCUT2D eigenvalue weighted by molar-refractivity contribution is 6.17. The largest absolute Gasteiger partial charge is 0.253 e. The van der Waals surface area contributed by atoms with Gasteiger partial charge in [0.1, 0.15) is 5.69 Å². The molecule has 0 aromatic carbocycles. The summed E-state index contributed by atoms with van der Waals surface area (Å²) in [4.78, 5) is 12.5. The van der Waals surface area contributed by atoms with E-state index in [4.69, 9.17) is 11.6 Å². The first-order chi connectivity index (χ1) is 6.90. The molecule has 0 aliphatic rings. The van der Waals surface area contributed by atoms with Gasteiger partial charge < -0.3 is 0 Å². The van der Waals surface area contributed by atoms with Gasteiger partial charge in [-0.1, -0.05) is 6.07 Å². The molecule has 0 saturated heterocycles. The molecule has 3 nitrogen and oxygen atoms in total. The Kier molecular flexibility index (Phi) is 2.70. The Hall–Kier alpha value is -1.48. The van der Waals surface area contributed by atoms with Gasteiger partial charge in [0.05, 0.1) is 5.88 Å². The molecule has 0 aliphatic heterocycles. The number of pyridine rings is 1. The zero-order chi connectivity index (χ0) is 9.80. The van der Waals surface area contributed by atoms with E-state index in [1.807, 2.05) is 18.2 Å². The summed E-state index contributed by atoms with van der Waals surface area (Å²) in [5.41, 5.74) is 1.68. The number of alkyl halides is 1. The van der Waals surface area contributed by atoms with E-state index < -0.39 is 0 Å². The monoisotopic (exact) mass is 205 g/mol. The van der Waals surface area contributed by atoms with Gasteiger partial charge in [0.25, 0.3) is 0 Å². The fourth-order valence-corrected chi connectivity index (χ4v) is 1.19. The molecule has 2 heterocycles. The molecule has 0 fully saturated rings. The maximum absolute atomic E-state index is 5.63. The third kappa shape index (κ3) is 1.88. The Morgan fingerprint density at radius 3 is 2.43 bits per heavy atom. The third-order valence-corrected chi connectivity index (χ3v) is 2.06. The molecule has 0 radical (unpaired) electrons. The van der Waals surface area contributed by atoms with Crippen LogP contribution in [-0.4, -0.2) is 15.0 Å². The van der Waals surface area contributed by atoms with Crippen LogP contribution in [-0.2, 0) is 5.88 Å². The number of hydrogen-bond acceptors (Lipinski definition) is 3. The Labute approximate surface area is 86.8 Å². The van der Waals surface area contributed by atoms with Gasteiger partial charge in [-0.2, -0.15) is 0 Å². The molecule has 2 aromatic heterocycles. The van der Waals surface area contributed by atoms with Crippen LogP contribution >= 0.6 is 11.6 Å². The molecular weight excluding hydrogens is 198 g/mol. The molecule has 0 saturated carbocycles. The standard InChI is InChI=1S/C10H8ClN3/c11-5-8-6-13-10(14-7-8)9-3-1-2-4-12-9/h1-4,6-7H,5H2. The van der Waals surface area contributed by atoms with Gasteiger partial charge >= 0.3 is 0 Å². The van der Waals surface area contributed by atoms with E-state index in [1.165, 1.54) is 0 Å². The van der Waals surface area contributed by atoms with Crippen LogP contribution in [0.2, 0.25) is 0 Å².